The van der Waals surface area contributed by atoms with Crippen LogP contribution in [-0.4, -0.2) is 36.1 Å². The van der Waals surface area contributed by atoms with E-state index in [1.807, 2.05) is 0 Å². The summed E-state index contributed by atoms with van der Waals surface area (Å²) in [5.41, 5.74) is 8.33. The Balaban J connectivity index is 1.56. The highest BCUT2D eigenvalue weighted by molar-refractivity contribution is 7.21. The molecule has 29 heavy (non-hydrogen) atoms. The van der Waals surface area contributed by atoms with Gasteiger partial charge in [-0.25, -0.2) is 9.78 Å². The first kappa shape index (κ1) is 17.9. The van der Waals surface area contributed by atoms with Crippen molar-refractivity contribution in [2.24, 2.45) is 0 Å². The van der Waals surface area contributed by atoms with Crippen LogP contribution in [0.4, 0.5) is 27.5 Å². The van der Waals surface area contributed by atoms with Gasteiger partial charge in [-0.1, -0.05) is 0 Å². The van der Waals surface area contributed by atoms with Crippen molar-refractivity contribution in [2.75, 3.05) is 29.0 Å². The first-order valence-electron chi connectivity index (χ1n) is 9.51. The number of aromatic nitrogens is 1. The van der Waals surface area contributed by atoms with Crippen molar-refractivity contribution in [3.8, 4) is 0 Å². The van der Waals surface area contributed by atoms with E-state index >= 15 is 0 Å². The second-order valence-corrected chi connectivity index (χ2v) is 8.19. The van der Waals surface area contributed by atoms with Gasteiger partial charge >= 0.3 is 6.03 Å². The van der Waals surface area contributed by atoms with Crippen molar-refractivity contribution < 1.29 is 9.59 Å². The molecule has 2 aliphatic rings. The maximum atomic E-state index is 13.0. The average molecular weight is 408 g/mol. The Labute approximate surface area is 171 Å². The second-order valence-electron chi connectivity index (χ2n) is 7.19. The fourth-order valence-corrected chi connectivity index (χ4v) is 4.87. The number of carbonyl (C=O) groups excluding carboxylic acids is 2. The van der Waals surface area contributed by atoms with Gasteiger partial charge in [-0.05, 0) is 49.7 Å². The number of amides is 3. The zero-order valence-corrected chi connectivity index (χ0v) is 16.4. The van der Waals surface area contributed by atoms with Gasteiger partial charge in [0.1, 0.15) is 9.71 Å². The molecule has 1 atom stereocenters. The van der Waals surface area contributed by atoms with E-state index in [9.17, 15) is 9.59 Å². The predicted molar refractivity (Wildman–Crippen MR) is 115 cm³/mol. The molecule has 0 unspecified atom stereocenters. The highest BCUT2D eigenvalue weighted by Gasteiger charge is 2.33. The van der Waals surface area contributed by atoms with E-state index in [0.717, 1.165) is 31.3 Å². The lowest BCUT2D eigenvalue weighted by Crippen LogP contribution is -2.45. The van der Waals surface area contributed by atoms with Crippen LogP contribution in [0.5, 0.6) is 0 Å². The summed E-state index contributed by atoms with van der Waals surface area (Å²) in [5.74, 6) is -0.177. The molecule has 9 heteroatoms. The predicted octanol–water partition coefficient (Wildman–Crippen LogP) is 3.04. The number of carbonyl (C=O) groups is 2. The topological polar surface area (TPSA) is 112 Å². The maximum Gasteiger partial charge on any atom is 0.331 e. The number of hydrogen-bond acceptors (Lipinski definition) is 6. The molecule has 4 heterocycles. The normalized spacial score (nSPS) is 18.6. The van der Waals surface area contributed by atoms with E-state index in [-0.39, 0.29) is 18.0 Å². The molecular weight excluding hydrogens is 388 g/mol. The standard InChI is InChI=1S/C20H20N6O2S/c21-11-3-5-13(6-4-11)26-14-7-9-23-19-15(14)16(25-20(26)28)17(29-19)18(27)24-12-2-1-8-22-10-12/h3-7,9,12,22H,1-2,8,10,21H2,(H,24,27)(H,25,28)/t12-/m1/s1. The van der Waals surface area contributed by atoms with Crippen molar-refractivity contribution in [3.05, 3.63) is 41.4 Å². The van der Waals surface area contributed by atoms with Crippen LogP contribution in [0.15, 0.2) is 36.5 Å². The van der Waals surface area contributed by atoms with Crippen molar-refractivity contribution in [1.29, 1.82) is 0 Å². The lowest BCUT2D eigenvalue weighted by Gasteiger charge is -2.28. The third-order valence-electron chi connectivity index (χ3n) is 5.24. The molecule has 2 aliphatic heterocycles. The van der Waals surface area contributed by atoms with E-state index in [2.05, 4.69) is 20.9 Å². The van der Waals surface area contributed by atoms with E-state index in [0.29, 0.717) is 32.5 Å². The van der Waals surface area contributed by atoms with Gasteiger partial charge in [0.2, 0.25) is 0 Å². The van der Waals surface area contributed by atoms with Gasteiger partial charge in [0.15, 0.2) is 0 Å². The molecule has 0 saturated carbocycles. The number of piperidine rings is 1. The summed E-state index contributed by atoms with van der Waals surface area (Å²) in [6, 6.07) is 8.65. The number of anilines is 4. The highest BCUT2D eigenvalue weighted by Crippen LogP contribution is 2.45. The van der Waals surface area contributed by atoms with Crippen LogP contribution >= 0.6 is 11.3 Å². The molecule has 5 N–H and O–H groups in total. The fraction of sp³-hybridized carbons (Fsp3) is 0.250. The van der Waals surface area contributed by atoms with Crippen LogP contribution in [0.3, 0.4) is 0 Å². The van der Waals surface area contributed by atoms with E-state index in [1.165, 1.54) is 11.3 Å². The molecule has 0 bridgehead atoms. The number of nitrogens with two attached hydrogens (primary N) is 1. The van der Waals surface area contributed by atoms with Crippen LogP contribution in [-0.2, 0) is 0 Å². The third kappa shape index (κ3) is 3.08. The Morgan fingerprint density at radius 1 is 1.28 bits per heavy atom. The van der Waals surface area contributed by atoms with Crippen LogP contribution in [0.25, 0.3) is 10.2 Å². The molecule has 1 aromatic carbocycles. The Kier molecular flexibility index (Phi) is 4.33. The van der Waals surface area contributed by atoms with Gasteiger partial charge in [0, 0.05) is 24.5 Å². The maximum absolute atomic E-state index is 13.0. The SMILES string of the molecule is Nc1ccc(N2C(=O)Nc3c(C(=O)N[C@@H]4CCCNC4)sc4nccc2c34)cc1. The van der Waals surface area contributed by atoms with Crippen LogP contribution in [0.2, 0.25) is 0 Å². The van der Waals surface area contributed by atoms with Gasteiger partial charge in [-0.15, -0.1) is 11.3 Å². The number of pyridine rings is 1. The number of urea groups is 1. The number of thiophene rings is 1. The zero-order valence-electron chi connectivity index (χ0n) is 15.6. The highest BCUT2D eigenvalue weighted by atomic mass is 32.1. The monoisotopic (exact) mass is 408 g/mol. The van der Waals surface area contributed by atoms with Crippen LogP contribution in [0.1, 0.15) is 22.5 Å². The second kappa shape index (κ2) is 7.02. The van der Waals surface area contributed by atoms with Gasteiger partial charge < -0.3 is 21.7 Å². The van der Waals surface area contributed by atoms with Crippen molar-refractivity contribution in [3.63, 3.8) is 0 Å². The molecule has 148 valence electrons. The largest absolute Gasteiger partial charge is 0.399 e. The number of benzene rings is 1. The number of hydrogen-bond donors (Lipinski definition) is 4. The number of nitrogens with one attached hydrogen (secondary N) is 3. The first-order chi connectivity index (χ1) is 14.1. The van der Waals surface area contributed by atoms with Crippen LogP contribution in [0, 0.1) is 0 Å². The van der Waals surface area contributed by atoms with E-state index in [1.54, 1.807) is 41.4 Å². The smallest absolute Gasteiger partial charge is 0.331 e. The molecule has 1 fully saturated rings. The molecule has 3 aromatic rings. The van der Waals surface area contributed by atoms with E-state index in [4.69, 9.17) is 5.73 Å². The van der Waals surface area contributed by atoms with Crippen molar-refractivity contribution in [1.82, 2.24) is 15.6 Å². The van der Waals surface area contributed by atoms with Gasteiger partial charge in [-0.3, -0.25) is 9.69 Å². The molecule has 0 radical (unpaired) electrons. The lowest BCUT2D eigenvalue weighted by molar-refractivity contribution is 0.0935. The summed E-state index contributed by atoms with van der Waals surface area (Å²) in [5, 5.41) is 10.1. The Morgan fingerprint density at radius 2 is 2.10 bits per heavy atom. The molecule has 1 saturated heterocycles. The summed E-state index contributed by atoms with van der Waals surface area (Å²) in [6.07, 6.45) is 3.64. The number of rotatable bonds is 3. The summed E-state index contributed by atoms with van der Waals surface area (Å²) >= 11 is 1.30. The van der Waals surface area contributed by atoms with Crippen molar-refractivity contribution in [2.45, 2.75) is 18.9 Å². The molecule has 5 rings (SSSR count). The fourth-order valence-electron chi connectivity index (χ4n) is 3.85. The average Bonchev–Trinajstić information content (AvgIpc) is 3.10. The van der Waals surface area contributed by atoms with Gasteiger partial charge in [0.25, 0.3) is 5.91 Å². The summed E-state index contributed by atoms with van der Waals surface area (Å²) in [7, 11) is 0. The zero-order chi connectivity index (χ0) is 20.0. The summed E-state index contributed by atoms with van der Waals surface area (Å²) < 4.78 is 0. The Hall–Kier alpha value is -3.17. The molecule has 0 spiro atoms. The minimum absolute atomic E-state index is 0.0895. The third-order valence-corrected chi connectivity index (χ3v) is 6.33. The van der Waals surface area contributed by atoms with Gasteiger partial charge in [0.05, 0.1) is 22.4 Å². The molecule has 0 aliphatic carbocycles. The summed E-state index contributed by atoms with van der Waals surface area (Å²) in [4.78, 5) is 33.1. The molecule has 8 nitrogen and oxygen atoms in total. The quantitative estimate of drug-likeness (QED) is 0.498. The molecule has 3 amide bonds. The van der Waals surface area contributed by atoms with E-state index < -0.39 is 0 Å². The molecule has 2 aromatic heterocycles. The minimum Gasteiger partial charge on any atom is -0.399 e. The minimum atomic E-state index is -0.318. The first-order valence-corrected chi connectivity index (χ1v) is 10.3. The van der Waals surface area contributed by atoms with Crippen molar-refractivity contribution >= 4 is 56.2 Å². The van der Waals surface area contributed by atoms with Crippen LogP contribution < -0.4 is 26.6 Å². The number of nitrogens with zero attached hydrogens (tertiary/aromatic N) is 2. The van der Waals surface area contributed by atoms with Gasteiger partial charge in [-0.2, -0.15) is 0 Å². The lowest BCUT2D eigenvalue weighted by atomic mass is 10.1. The summed E-state index contributed by atoms with van der Waals surface area (Å²) in [6.45, 7) is 1.73. The Morgan fingerprint density at radius 3 is 2.86 bits per heavy atom. The molecular formula is C20H20N6O2S. The number of nitrogen functional groups attached to an aromatic ring is 1. The Bertz CT molecular complexity index is 1100.